The van der Waals surface area contributed by atoms with Gasteiger partial charge in [-0.1, -0.05) is 35.9 Å². The number of thioether (sulfide) groups is 1. The maximum Gasteiger partial charge on any atom is 0.233 e. The van der Waals surface area contributed by atoms with Gasteiger partial charge in [0.15, 0.2) is 0 Å². The zero-order chi connectivity index (χ0) is 16.5. The number of para-hydroxylation sites is 1. The van der Waals surface area contributed by atoms with E-state index in [1.807, 2.05) is 18.3 Å². The lowest BCUT2D eigenvalue weighted by Gasteiger charge is -2.09. The minimum atomic E-state index is 0.00442. The number of benzene rings is 2. The Labute approximate surface area is 145 Å². The smallest absolute Gasteiger partial charge is 0.233 e. The number of hydrogen-bond donors (Lipinski definition) is 2. The third kappa shape index (κ3) is 2.94. The van der Waals surface area contributed by atoms with E-state index in [-0.39, 0.29) is 11.2 Å². The molecule has 1 atom stereocenters. The van der Waals surface area contributed by atoms with Crippen LogP contribution in [0.4, 0.5) is 0 Å². The summed E-state index contributed by atoms with van der Waals surface area (Å²) in [6.07, 6.45) is 3.72. The van der Waals surface area contributed by atoms with E-state index in [1.54, 1.807) is 11.8 Å². The number of aryl methyl sites for hydroxylation is 1. The number of aromatic nitrogens is 1. The first-order valence-corrected chi connectivity index (χ1v) is 9.17. The first kappa shape index (κ1) is 15.3. The topological polar surface area (TPSA) is 44.9 Å². The van der Waals surface area contributed by atoms with E-state index >= 15 is 0 Å². The summed E-state index contributed by atoms with van der Waals surface area (Å²) < 4.78 is 0. The Morgan fingerprint density at radius 1 is 1.29 bits per heavy atom. The van der Waals surface area contributed by atoms with E-state index in [0.717, 1.165) is 18.4 Å². The second-order valence-electron chi connectivity index (χ2n) is 6.32. The highest BCUT2D eigenvalue weighted by Crippen LogP contribution is 2.37. The number of carbonyl (C=O) groups is 1. The predicted octanol–water partition coefficient (Wildman–Crippen LogP) is 3.85. The van der Waals surface area contributed by atoms with Crippen molar-refractivity contribution in [3.8, 4) is 0 Å². The van der Waals surface area contributed by atoms with Crippen molar-refractivity contribution in [1.82, 2.24) is 10.3 Å². The lowest BCUT2D eigenvalue weighted by Crippen LogP contribution is -2.33. The van der Waals surface area contributed by atoms with Crippen LogP contribution < -0.4 is 5.32 Å². The van der Waals surface area contributed by atoms with Crippen LogP contribution in [0.25, 0.3) is 10.9 Å². The second-order valence-corrected chi connectivity index (χ2v) is 7.57. The molecule has 0 saturated carbocycles. The van der Waals surface area contributed by atoms with Gasteiger partial charge in [-0.2, -0.15) is 0 Å². The number of hydrogen-bond acceptors (Lipinski definition) is 2. The van der Waals surface area contributed by atoms with E-state index in [1.165, 1.54) is 27.0 Å². The molecule has 2 heterocycles. The van der Waals surface area contributed by atoms with Gasteiger partial charge in [0.1, 0.15) is 0 Å². The zero-order valence-electron chi connectivity index (χ0n) is 13.6. The second kappa shape index (κ2) is 6.36. The molecule has 0 radical (unpaired) electrons. The molecule has 0 spiro atoms. The number of nitrogens with one attached hydrogen (secondary N) is 2. The summed E-state index contributed by atoms with van der Waals surface area (Å²) in [5.74, 6) is 0.147. The van der Waals surface area contributed by atoms with Gasteiger partial charge < -0.3 is 10.3 Å². The molecule has 0 unspecified atom stereocenters. The van der Waals surface area contributed by atoms with Gasteiger partial charge in [0.2, 0.25) is 5.91 Å². The summed E-state index contributed by atoms with van der Waals surface area (Å²) in [4.78, 5) is 17.0. The maximum atomic E-state index is 12.5. The Bertz CT molecular complexity index is 900. The van der Waals surface area contributed by atoms with E-state index < -0.39 is 0 Å². The van der Waals surface area contributed by atoms with Crippen molar-refractivity contribution in [3.63, 3.8) is 0 Å². The summed E-state index contributed by atoms with van der Waals surface area (Å²) >= 11 is 1.69. The van der Waals surface area contributed by atoms with Crippen LogP contribution in [0.5, 0.6) is 0 Å². The molecule has 1 amide bonds. The van der Waals surface area contributed by atoms with Gasteiger partial charge in [-0.05, 0) is 43.0 Å². The Morgan fingerprint density at radius 3 is 3.08 bits per heavy atom. The quantitative estimate of drug-likeness (QED) is 0.760. The van der Waals surface area contributed by atoms with E-state index in [2.05, 4.69) is 47.6 Å². The highest BCUT2D eigenvalue weighted by atomic mass is 32.2. The van der Waals surface area contributed by atoms with Crippen molar-refractivity contribution in [3.05, 3.63) is 65.4 Å². The third-order valence-electron chi connectivity index (χ3n) is 4.56. The number of aromatic amines is 1. The molecule has 0 bridgehead atoms. The monoisotopic (exact) mass is 336 g/mol. The lowest BCUT2D eigenvalue weighted by atomic mass is 10.1. The average Bonchev–Trinajstić information content (AvgIpc) is 3.18. The van der Waals surface area contributed by atoms with Crippen molar-refractivity contribution in [2.24, 2.45) is 0 Å². The number of rotatable bonds is 4. The molecule has 1 aromatic heterocycles. The molecule has 0 fully saturated rings. The summed E-state index contributed by atoms with van der Waals surface area (Å²) in [5, 5.41) is 4.35. The molecule has 2 aromatic carbocycles. The van der Waals surface area contributed by atoms with Gasteiger partial charge in [0.25, 0.3) is 0 Å². The van der Waals surface area contributed by atoms with Crippen LogP contribution in [-0.4, -0.2) is 22.7 Å². The molecule has 0 saturated heterocycles. The maximum absolute atomic E-state index is 12.5. The van der Waals surface area contributed by atoms with Crippen LogP contribution in [0.15, 0.2) is 53.6 Å². The van der Waals surface area contributed by atoms with Crippen LogP contribution in [0.2, 0.25) is 0 Å². The van der Waals surface area contributed by atoms with Gasteiger partial charge in [-0.25, -0.2) is 0 Å². The standard InChI is InChI=1S/C20H20N2OS/c1-13-6-7-14-11-19(24-18(14)10-13)20(23)21-9-8-15-12-22-17-5-3-2-4-16(15)17/h2-7,10,12,19,22H,8-9,11H2,1H3,(H,21,23)/t19-/m0/s1. The van der Waals surface area contributed by atoms with E-state index in [4.69, 9.17) is 0 Å². The summed E-state index contributed by atoms with van der Waals surface area (Å²) in [6, 6.07) is 14.7. The highest BCUT2D eigenvalue weighted by Gasteiger charge is 2.27. The van der Waals surface area contributed by atoms with Crippen LogP contribution >= 0.6 is 11.8 Å². The van der Waals surface area contributed by atoms with E-state index in [0.29, 0.717) is 6.54 Å². The van der Waals surface area contributed by atoms with Crippen molar-refractivity contribution in [2.45, 2.75) is 29.9 Å². The van der Waals surface area contributed by atoms with Crippen molar-refractivity contribution < 1.29 is 4.79 Å². The fraction of sp³-hybridized carbons (Fsp3) is 0.250. The summed E-state index contributed by atoms with van der Waals surface area (Å²) in [5.41, 5.74) is 4.95. The van der Waals surface area contributed by atoms with Gasteiger partial charge in [0.05, 0.1) is 5.25 Å². The molecular weight excluding hydrogens is 316 g/mol. The van der Waals surface area contributed by atoms with Crippen molar-refractivity contribution in [1.29, 1.82) is 0 Å². The predicted molar refractivity (Wildman–Crippen MR) is 99.5 cm³/mol. The fourth-order valence-electron chi connectivity index (χ4n) is 3.25. The first-order valence-electron chi connectivity index (χ1n) is 8.29. The number of fused-ring (bicyclic) bond motifs is 2. The van der Waals surface area contributed by atoms with Crippen LogP contribution in [0.1, 0.15) is 16.7 Å². The van der Waals surface area contributed by atoms with Crippen LogP contribution in [0.3, 0.4) is 0 Å². The molecule has 122 valence electrons. The number of carbonyl (C=O) groups excluding carboxylic acids is 1. The molecule has 0 aliphatic carbocycles. The van der Waals surface area contributed by atoms with E-state index in [9.17, 15) is 4.79 Å². The van der Waals surface area contributed by atoms with Gasteiger partial charge in [0, 0.05) is 28.5 Å². The molecule has 3 aromatic rings. The van der Waals surface area contributed by atoms with Crippen molar-refractivity contribution in [2.75, 3.05) is 6.54 Å². The fourth-order valence-corrected chi connectivity index (χ4v) is 4.57. The molecule has 3 nitrogen and oxygen atoms in total. The average molecular weight is 336 g/mol. The molecule has 24 heavy (non-hydrogen) atoms. The Hall–Kier alpha value is -2.20. The van der Waals surface area contributed by atoms with Crippen molar-refractivity contribution >= 4 is 28.6 Å². The minimum Gasteiger partial charge on any atom is -0.361 e. The Balaban J connectivity index is 1.34. The molecule has 1 aliphatic heterocycles. The third-order valence-corrected chi connectivity index (χ3v) is 5.86. The first-order chi connectivity index (χ1) is 11.7. The highest BCUT2D eigenvalue weighted by molar-refractivity contribution is 8.01. The molecule has 2 N–H and O–H groups in total. The van der Waals surface area contributed by atoms with Gasteiger partial charge in [-0.15, -0.1) is 11.8 Å². The minimum absolute atomic E-state index is 0.00442. The van der Waals surface area contributed by atoms with Gasteiger partial charge >= 0.3 is 0 Å². The Kier molecular flexibility index (Phi) is 4.07. The zero-order valence-corrected chi connectivity index (χ0v) is 14.5. The summed E-state index contributed by atoms with van der Waals surface area (Å²) in [6.45, 7) is 2.77. The van der Waals surface area contributed by atoms with Crippen LogP contribution in [0, 0.1) is 6.92 Å². The lowest BCUT2D eigenvalue weighted by molar-refractivity contribution is -0.120. The molecule has 4 rings (SSSR count). The number of amides is 1. The molecule has 4 heteroatoms. The summed E-state index contributed by atoms with van der Waals surface area (Å²) in [7, 11) is 0. The normalized spacial score (nSPS) is 16.3. The Morgan fingerprint density at radius 2 is 2.17 bits per heavy atom. The molecular formula is C20H20N2OS. The SMILES string of the molecule is Cc1ccc2c(c1)S[C@H](C(=O)NCCc1c[nH]c3ccccc13)C2. The number of H-pyrrole nitrogens is 1. The largest absolute Gasteiger partial charge is 0.361 e. The molecule has 1 aliphatic rings. The van der Waals surface area contributed by atoms with Gasteiger partial charge in [-0.3, -0.25) is 4.79 Å². The van der Waals surface area contributed by atoms with Crippen LogP contribution in [-0.2, 0) is 17.6 Å².